The summed E-state index contributed by atoms with van der Waals surface area (Å²) >= 11 is 1.85. The number of piperidine rings is 1. The smallest absolute Gasteiger partial charge is 0.222 e. The van der Waals surface area contributed by atoms with Gasteiger partial charge in [0.25, 0.3) is 0 Å². The fraction of sp³-hybridized carbons (Fsp3) is 0.588. The number of aryl methyl sites for hydroxylation is 2. The monoisotopic (exact) mass is 306 g/mol. The van der Waals surface area contributed by atoms with Crippen LogP contribution in [0.15, 0.2) is 23.1 Å². The van der Waals surface area contributed by atoms with E-state index < -0.39 is 0 Å². The average molecular weight is 306 g/mol. The summed E-state index contributed by atoms with van der Waals surface area (Å²) < 4.78 is 0. The standard InChI is InChI=1S/C17H26N2OS/c1-13-10-14(2)12-16(11-13)21-9-3-4-17(20)19-7-5-15(18)6-8-19/h10-12,15H,3-9,18H2,1-2H3. The number of rotatable bonds is 5. The van der Waals surface area contributed by atoms with Crippen LogP contribution in [0.25, 0.3) is 0 Å². The largest absolute Gasteiger partial charge is 0.343 e. The topological polar surface area (TPSA) is 46.3 Å². The van der Waals surface area contributed by atoms with Crippen LogP contribution in [-0.4, -0.2) is 35.7 Å². The second-order valence-electron chi connectivity index (χ2n) is 5.99. The van der Waals surface area contributed by atoms with Gasteiger partial charge in [0, 0.05) is 30.4 Å². The lowest BCUT2D eigenvalue weighted by Gasteiger charge is -2.30. The number of carbonyl (C=O) groups is 1. The number of nitrogens with two attached hydrogens (primary N) is 1. The third-order valence-corrected chi connectivity index (χ3v) is 4.95. The Morgan fingerprint density at radius 3 is 2.48 bits per heavy atom. The summed E-state index contributed by atoms with van der Waals surface area (Å²) in [5.74, 6) is 1.30. The molecule has 3 nitrogen and oxygen atoms in total. The molecule has 1 aliphatic heterocycles. The van der Waals surface area contributed by atoms with Crippen LogP contribution >= 0.6 is 11.8 Å². The summed E-state index contributed by atoms with van der Waals surface area (Å²) in [5.41, 5.74) is 8.47. The molecule has 2 N–H and O–H groups in total. The molecule has 1 fully saturated rings. The van der Waals surface area contributed by atoms with Crippen molar-refractivity contribution in [3.05, 3.63) is 29.3 Å². The van der Waals surface area contributed by atoms with Crippen LogP contribution < -0.4 is 5.73 Å². The number of nitrogens with zero attached hydrogens (tertiary/aromatic N) is 1. The highest BCUT2D eigenvalue weighted by molar-refractivity contribution is 7.99. The van der Waals surface area contributed by atoms with Crippen LogP contribution in [0.1, 0.15) is 36.8 Å². The Morgan fingerprint density at radius 2 is 1.86 bits per heavy atom. The molecule has 0 unspecified atom stereocenters. The van der Waals surface area contributed by atoms with Crippen molar-refractivity contribution in [2.75, 3.05) is 18.8 Å². The van der Waals surface area contributed by atoms with E-state index in [9.17, 15) is 4.79 Å². The Labute approximate surface area is 132 Å². The lowest BCUT2D eigenvalue weighted by molar-refractivity contribution is -0.132. The Balaban J connectivity index is 1.68. The number of amides is 1. The fourth-order valence-electron chi connectivity index (χ4n) is 2.74. The average Bonchev–Trinajstić information content (AvgIpc) is 2.43. The molecule has 0 aromatic heterocycles. The number of hydrogen-bond acceptors (Lipinski definition) is 3. The van der Waals surface area contributed by atoms with E-state index in [2.05, 4.69) is 32.0 Å². The van der Waals surface area contributed by atoms with Crippen molar-refractivity contribution in [1.29, 1.82) is 0 Å². The Bertz CT molecular complexity index is 461. The zero-order valence-electron chi connectivity index (χ0n) is 13.1. The minimum Gasteiger partial charge on any atom is -0.343 e. The Hall–Kier alpha value is -1.00. The quantitative estimate of drug-likeness (QED) is 0.671. The first-order chi connectivity index (χ1) is 10.0. The summed E-state index contributed by atoms with van der Waals surface area (Å²) in [6, 6.07) is 6.90. The fourth-order valence-corrected chi connectivity index (χ4v) is 3.80. The summed E-state index contributed by atoms with van der Waals surface area (Å²) in [6.07, 6.45) is 3.50. The second kappa shape index (κ2) is 7.85. The maximum Gasteiger partial charge on any atom is 0.222 e. The Morgan fingerprint density at radius 1 is 1.24 bits per heavy atom. The van der Waals surface area contributed by atoms with Gasteiger partial charge in [-0.15, -0.1) is 11.8 Å². The molecule has 0 aliphatic carbocycles. The van der Waals surface area contributed by atoms with Gasteiger partial charge in [-0.25, -0.2) is 0 Å². The number of benzene rings is 1. The van der Waals surface area contributed by atoms with E-state index >= 15 is 0 Å². The molecular weight excluding hydrogens is 280 g/mol. The lowest BCUT2D eigenvalue weighted by atomic mass is 10.1. The minimum absolute atomic E-state index is 0.286. The van der Waals surface area contributed by atoms with E-state index in [-0.39, 0.29) is 6.04 Å². The molecule has 0 atom stereocenters. The molecule has 0 spiro atoms. The molecule has 2 rings (SSSR count). The highest BCUT2D eigenvalue weighted by atomic mass is 32.2. The van der Waals surface area contributed by atoms with Crippen molar-refractivity contribution >= 4 is 17.7 Å². The summed E-state index contributed by atoms with van der Waals surface area (Å²) in [5, 5.41) is 0. The van der Waals surface area contributed by atoms with Crippen molar-refractivity contribution in [3.8, 4) is 0 Å². The number of thioether (sulfide) groups is 1. The van der Waals surface area contributed by atoms with Gasteiger partial charge < -0.3 is 10.6 Å². The van der Waals surface area contributed by atoms with Crippen molar-refractivity contribution in [3.63, 3.8) is 0 Å². The van der Waals surface area contributed by atoms with Gasteiger partial charge in [0.2, 0.25) is 5.91 Å². The van der Waals surface area contributed by atoms with Crippen LogP contribution in [0.2, 0.25) is 0 Å². The normalized spacial score (nSPS) is 16.2. The molecule has 0 bridgehead atoms. The van der Waals surface area contributed by atoms with Crippen molar-refractivity contribution in [2.24, 2.45) is 5.73 Å². The molecule has 0 radical (unpaired) electrons. The van der Waals surface area contributed by atoms with Crippen LogP contribution in [0.4, 0.5) is 0 Å². The molecule has 21 heavy (non-hydrogen) atoms. The molecule has 4 heteroatoms. The van der Waals surface area contributed by atoms with Crippen molar-refractivity contribution < 1.29 is 4.79 Å². The molecule has 1 aliphatic rings. The van der Waals surface area contributed by atoms with Gasteiger partial charge in [-0.05, 0) is 62.1 Å². The third-order valence-electron chi connectivity index (χ3n) is 3.89. The van der Waals surface area contributed by atoms with Gasteiger partial charge in [0.15, 0.2) is 0 Å². The van der Waals surface area contributed by atoms with Crippen molar-refractivity contribution in [1.82, 2.24) is 4.90 Å². The number of hydrogen-bond donors (Lipinski definition) is 1. The van der Waals surface area contributed by atoms with Gasteiger partial charge in [-0.1, -0.05) is 6.07 Å². The zero-order chi connectivity index (χ0) is 15.2. The highest BCUT2D eigenvalue weighted by Crippen LogP contribution is 2.22. The first-order valence-corrected chi connectivity index (χ1v) is 8.77. The molecule has 1 aromatic rings. The molecule has 1 aromatic carbocycles. The maximum atomic E-state index is 12.1. The summed E-state index contributed by atoms with van der Waals surface area (Å²) in [4.78, 5) is 15.4. The highest BCUT2D eigenvalue weighted by Gasteiger charge is 2.19. The van der Waals surface area contributed by atoms with Gasteiger partial charge in [0.05, 0.1) is 0 Å². The molecule has 0 saturated carbocycles. The van der Waals surface area contributed by atoms with E-state index in [1.807, 2.05) is 16.7 Å². The van der Waals surface area contributed by atoms with Gasteiger partial charge in [-0.2, -0.15) is 0 Å². The van der Waals surface area contributed by atoms with Crippen molar-refractivity contribution in [2.45, 2.75) is 50.5 Å². The predicted molar refractivity (Wildman–Crippen MR) is 89.7 cm³/mol. The molecule has 1 heterocycles. The molecule has 1 amide bonds. The lowest BCUT2D eigenvalue weighted by Crippen LogP contribution is -2.42. The third kappa shape index (κ3) is 5.36. The number of carbonyl (C=O) groups excluding carboxylic acids is 1. The van der Waals surface area contributed by atoms with E-state index in [1.54, 1.807) is 0 Å². The van der Waals surface area contributed by atoms with E-state index in [1.165, 1.54) is 16.0 Å². The van der Waals surface area contributed by atoms with E-state index in [4.69, 9.17) is 5.73 Å². The van der Waals surface area contributed by atoms with E-state index in [0.717, 1.165) is 38.1 Å². The second-order valence-corrected chi connectivity index (χ2v) is 7.16. The minimum atomic E-state index is 0.286. The SMILES string of the molecule is Cc1cc(C)cc(SCCCC(=O)N2CCC(N)CC2)c1. The first-order valence-electron chi connectivity index (χ1n) is 7.79. The summed E-state index contributed by atoms with van der Waals surface area (Å²) in [6.45, 7) is 5.93. The molecule has 116 valence electrons. The van der Waals surface area contributed by atoms with Crippen LogP contribution in [0.5, 0.6) is 0 Å². The predicted octanol–water partition coefficient (Wildman–Crippen LogP) is 3.13. The summed E-state index contributed by atoms with van der Waals surface area (Å²) in [7, 11) is 0. The maximum absolute atomic E-state index is 12.1. The zero-order valence-corrected chi connectivity index (χ0v) is 13.9. The van der Waals surface area contributed by atoms with Gasteiger partial charge in [-0.3, -0.25) is 4.79 Å². The van der Waals surface area contributed by atoms with E-state index in [0.29, 0.717) is 12.3 Å². The van der Waals surface area contributed by atoms with Crippen LogP contribution in [-0.2, 0) is 4.79 Å². The van der Waals surface area contributed by atoms with Crippen LogP contribution in [0.3, 0.4) is 0 Å². The Kier molecular flexibility index (Phi) is 6.12. The van der Waals surface area contributed by atoms with Crippen LogP contribution in [0, 0.1) is 13.8 Å². The first kappa shape index (κ1) is 16.4. The number of likely N-dealkylation sites (tertiary alicyclic amines) is 1. The molecular formula is C17H26N2OS. The molecule has 1 saturated heterocycles. The van der Waals surface area contributed by atoms with Gasteiger partial charge in [0.1, 0.15) is 0 Å². The van der Waals surface area contributed by atoms with Gasteiger partial charge >= 0.3 is 0 Å².